The molecule has 0 spiro atoms. The number of carbonyl (C=O) groups excluding carboxylic acids is 2. The van der Waals surface area contributed by atoms with Gasteiger partial charge < -0.3 is 19.7 Å². The third-order valence-electron chi connectivity index (χ3n) is 4.64. The maximum absolute atomic E-state index is 12.9. The van der Waals surface area contributed by atoms with E-state index >= 15 is 0 Å². The molecule has 3 rings (SSSR count). The summed E-state index contributed by atoms with van der Waals surface area (Å²) < 4.78 is 10.6. The zero-order valence-electron chi connectivity index (χ0n) is 16.2. The van der Waals surface area contributed by atoms with Crippen LogP contribution in [0.2, 0.25) is 0 Å². The number of hydrogen-bond donors (Lipinski definition) is 1. The zero-order valence-corrected chi connectivity index (χ0v) is 17.0. The number of carbonyl (C=O) groups is 2. The summed E-state index contributed by atoms with van der Waals surface area (Å²) >= 11 is 1.44. The highest BCUT2D eigenvalue weighted by Crippen LogP contribution is 2.35. The molecule has 2 aromatic carbocycles. The highest BCUT2D eigenvalue weighted by atomic mass is 32.2. The molecule has 1 unspecified atom stereocenters. The predicted octanol–water partition coefficient (Wildman–Crippen LogP) is 3.21. The van der Waals surface area contributed by atoms with E-state index in [1.165, 1.54) is 11.8 Å². The minimum Gasteiger partial charge on any atom is -0.493 e. The Labute approximate surface area is 169 Å². The third kappa shape index (κ3) is 4.59. The molecule has 28 heavy (non-hydrogen) atoms. The molecule has 2 aromatic rings. The number of para-hydroxylation sites is 1. The topological polar surface area (TPSA) is 67.9 Å². The molecule has 0 bridgehead atoms. The van der Waals surface area contributed by atoms with Gasteiger partial charge in [0.05, 0.1) is 25.2 Å². The van der Waals surface area contributed by atoms with Crippen LogP contribution in [-0.4, -0.2) is 49.8 Å². The van der Waals surface area contributed by atoms with Crippen molar-refractivity contribution in [3.8, 4) is 11.5 Å². The number of nitrogens with one attached hydrogen (secondary N) is 1. The Morgan fingerprint density at radius 1 is 1.18 bits per heavy atom. The van der Waals surface area contributed by atoms with Crippen molar-refractivity contribution in [1.82, 2.24) is 4.90 Å². The van der Waals surface area contributed by atoms with Crippen LogP contribution in [0.5, 0.6) is 11.5 Å². The van der Waals surface area contributed by atoms with E-state index in [2.05, 4.69) is 5.32 Å². The standard InChI is InChI=1S/C21H24N2O4S/c1-23(11-10-14-8-9-16(26-2)17(12-14)27-3)21(25)19-13-20(24)22-15-6-4-5-7-18(15)28-19/h4-9,12,19H,10-11,13H2,1-3H3,(H,22,24). The summed E-state index contributed by atoms with van der Waals surface area (Å²) in [6.45, 7) is 0.550. The monoisotopic (exact) mass is 400 g/mol. The van der Waals surface area contributed by atoms with Crippen LogP contribution < -0.4 is 14.8 Å². The maximum atomic E-state index is 12.9. The van der Waals surface area contributed by atoms with Crippen LogP contribution in [0.4, 0.5) is 5.69 Å². The van der Waals surface area contributed by atoms with Gasteiger partial charge in [-0.05, 0) is 36.2 Å². The fourth-order valence-electron chi connectivity index (χ4n) is 3.06. The van der Waals surface area contributed by atoms with Gasteiger partial charge in [-0.2, -0.15) is 0 Å². The summed E-state index contributed by atoms with van der Waals surface area (Å²) in [7, 11) is 4.98. The van der Waals surface area contributed by atoms with Crippen LogP contribution in [0, 0.1) is 0 Å². The average Bonchev–Trinajstić information content (AvgIpc) is 2.88. The van der Waals surface area contributed by atoms with Crippen LogP contribution in [0.3, 0.4) is 0 Å². The highest BCUT2D eigenvalue weighted by Gasteiger charge is 2.29. The molecule has 0 radical (unpaired) electrons. The van der Waals surface area contributed by atoms with Gasteiger partial charge in [0.25, 0.3) is 0 Å². The zero-order chi connectivity index (χ0) is 20.1. The smallest absolute Gasteiger partial charge is 0.236 e. The molecule has 0 fully saturated rings. The van der Waals surface area contributed by atoms with Gasteiger partial charge in [-0.1, -0.05) is 18.2 Å². The first kappa shape index (κ1) is 20.1. The maximum Gasteiger partial charge on any atom is 0.236 e. The Hall–Kier alpha value is -2.67. The second-order valence-corrected chi connectivity index (χ2v) is 7.80. The largest absolute Gasteiger partial charge is 0.493 e. The van der Waals surface area contributed by atoms with Crippen molar-refractivity contribution in [2.75, 3.05) is 33.1 Å². The van der Waals surface area contributed by atoms with Crippen LogP contribution in [0.25, 0.3) is 0 Å². The van der Waals surface area contributed by atoms with E-state index in [-0.39, 0.29) is 18.2 Å². The fraction of sp³-hybridized carbons (Fsp3) is 0.333. The molecule has 1 N–H and O–H groups in total. The molecule has 0 aromatic heterocycles. The van der Waals surface area contributed by atoms with Crippen molar-refractivity contribution in [3.05, 3.63) is 48.0 Å². The number of thioether (sulfide) groups is 1. The van der Waals surface area contributed by atoms with E-state index in [4.69, 9.17) is 9.47 Å². The summed E-state index contributed by atoms with van der Waals surface area (Å²) in [5, 5.41) is 2.44. The van der Waals surface area contributed by atoms with Crippen molar-refractivity contribution >= 4 is 29.3 Å². The molecule has 1 atom stereocenters. The summed E-state index contributed by atoms with van der Waals surface area (Å²) in [6.07, 6.45) is 0.849. The van der Waals surface area contributed by atoms with E-state index < -0.39 is 5.25 Å². The molecular formula is C21H24N2O4S. The third-order valence-corrected chi connectivity index (χ3v) is 5.90. The molecule has 148 valence electrons. The lowest BCUT2D eigenvalue weighted by atomic mass is 10.1. The minimum absolute atomic E-state index is 0.0441. The van der Waals surface area contributed by atoms with Gasteiger partial charge in [-0.3, -0.25) is 9.59 Å². The van der Waals surface area contributed by atoms with Crippen molar-refractivity contribution in [2.45, 2.75) is 23.0 Å². The average molecular weight is 401 g/mol. The van der Waals surface area contributed by atoms with Gasteiger partial charge >= 0.3 is 0 Å². The lowest BCUT2D eigenvalue weighted by molar-refractivity contribution is -0.131. The summed E-state index contributed by atoms with van der Waals surface area (Å²) in [4.78, 5) is 27.7. The molecule has 1 aliphatic rings. The molecule has 0 saturated carbocycles. The molecule has 6 nitrogen and oxygen atoms in total. The molecule has 1 aliphatic heterocycles. The Bertz CT molecular complexity index is 871. The van der Waals surface area contributed by atoms with E-state index in [9.17, 15) is 9.59 Å². The van der Waals surface area contributed by atoms with Crippen LogP contribution >= 0.6 is 11.8 Å². The summed E-state index contributed by atoms with van der Waals surface area (Å²) in [6, 6.07) is 13.3. The number of rotatable bonds is 6. The molecular weight excluding hydrogens is 376 g/mol. The fourth-order valence-corrected chi connectivity index (χ4v) is 4.29. The normalized spacial score (nSPS) is 15.8. The second-order valence-electron chi connectivity index (χ2n) is 6.55. The first-order valence-electron chi connectivity index (χ1n) is 9.03. The van der Waals surface area contributed by atoms with Crippen molar-refractivity contribution in [2.24, 2.45) is 0 Å². The number of hydrogen-bond acceptors (Lipinski definition) is 5. The number of nitrogens with zero attached hydrogens (tertiary/aromatic N) is 1. The Kier molecular flexibility index (Phi) is 6.46. The van der Waals surface area contributed by atoms with Crippen molar-refractivity contribution < 1.29 is 19.1 Å². The SMILES string of the molecule is COc1ccc(CCN(C)C(=O)C2CC(=O)Nc3ccccc3S2)cc1OC. The van der Waals surface area contributed by atoms with Gasteiger partial charge in [-0.25, -0.2) is 0 Å². The van der Waals surface area contributed by atoms with Gasteiger partial charge in [0.2, 0.25) is 11.8 Å². The lowest BCUT2D eigenvalue weighted by Crippen LogP contribution is -2.37. The number of fused-ring (bicyclic) bond motifs is 1. The molecule has 2 amide bonds. The number of benzene rings is 2. The first-order valence-corrected chi connectivity index (χ1v) is 9.91. The highest BCUT2D eigenvalue weighted by molar-refractivity contribution is 8.00. The minimum atomic E-state index is -0.431. The van der Waals surface area contributed by atoms with Crippen LogP contribution in [0.15, 0.2) is 47.4 Å². The second kappa shape index (κ2) is 9.01. The Morgan fingerprint density at radius 3 is 2.68 bits per heavy atom. The van der Waals surface area contributed by atoms with Gasteiger partial charge in [0.15, 0.2) is 11.5 Å². The Morgan fingerprint density at radius 2 is 1.93 bits per heavy atom. The van der Waals surface area contributed by atoms with E-state index in [0.29, 0.717) is 24.5 Å². The molecule has 0 aliphatic carbocycles. The predicted molar refractivity (Wildman–Crippen MR) is 110 cm³/mol. The number of ether oxygens (including phenoxy) is 2. The number of methoxy groups -OCH3 is 2. The van der Waals surface area contributed by atoms with Gasteiger partial charge in [0.1, 0.15) is 0 Å². The molecule has 1 heterocycles. The Balaban J connectivity index is 1.65. The van der Waals surface area contributed by atoms with Crippen molar-refractivity contribution in [1.29, 1.82) is 0 Å². The first-order chi connectivity index (χ1) is 13.5. The lowest BCUT2D eigenvalue weighted by Gasteiger charge is -2.22. The van der Waals surface area contributed by atoms with Crippen LogP contribution in [-0.2, 0) is 16.0 Å². The van der Waals surface area contributed by atoms with E-state index in [1.807, 2.05) is 42.5 Å². The van der Waals surface area contributed by atoms with Crippen LogP contribution in [0.1, 0.15) is 12.0 Å². The number of likely N-dealkylation sites (N-methyl/N-ethyl adjacent to an activating group) is 1. The van der Waals surface area contributed by atoms with E-state index in [1.54, 1.807) is 26.2 Å². The summed E-state index contributed by atoms with van der Waals surface area (Å²) in [5.74, 6) is 1.17. The molecule has 7 heteroatoms. The number of amides is 2. The van der Waals surface area contributed by atoms with E-state index in [0.717, 1.165) is 16.1 Å². The number of anilines is 1. The quantitative estimate of drug-likeness (QED) is 0.807. The molecule has 0 saturated heterocycles. The summed E-state index contributed by atoms with van der Waals surface area (Å²) in [5.41, 5.74) is 1.81. The van der Waals surface area contributed by atoms with Gasteiger partial charge in [-0.15, -0.1) is 11.8 Å². The van der Waals surface area contributed by atoms with Crippen molar-refractivity contribution in [3.63, 3.8) is 0 Å². The van der Waals surface area contributed by atoms with Gasteiger partial charge in [0, 0.05) is 24.9 Å².